The Hall–Kier alpha value is -0.810. The molecule has 1 atom stereocenters. The van der Waals surface area contributed by atoms with Crippen LogP contribution in [0.2, 0.25) is 5.02 Å². The number of β-amino-alcohol motifs (C(OH)–C–C–N with tert-alkyl or cyclic N) is 1. The van der Waals surface area contributed by atoms with Crippen LogP contribution in [0.25, 0.3) is 0 Å². The number of aliphatic hydroxyl groups is 1. The molecule has 118 valence electrons. The van der Waals surface area contributed by atoms with Gasteiger partial charge in [0.15, 0.2) is 0 Å². The first-order valence-corrected chi connectivity index (χ1v) is 8.16. The van der Waals surface area contributed by atoms with Gasteiger partial charge < -0.3 is 15.7 Å². The van der Waals surface area contributed by atoms with Crippen LogP contribution in [0.15, 0.2) is 18.2 Å². The lowest BCUT2D eigenvalue weighted by Crippen LogP contribution is -2.48. The number of nitrogens with zero attached hydrogens (tertiary/aromatic N) is 2. The standard InChI is InChI=1S/C16H26ClN3O/c1-2-13-4-3-5-15(16(13)17)20-10-8-19(9-11-20)12-14(21)6-7-18/h3-5,14,21H,2,6-12,18H2,1H3. The van der Waals surface area contributed by atoms with Crippen molar-refractivity contribution in [3.63, 3.8) is 0 Å². The van der Waals surface area contributed by atoms with E-state index in [9.17, 15) is 5.11 Å². The number of piperazine rings is 1. The van der Waals surface area contributed by atoms with E-state index in [2.05, 4.69) is 34.9 Å². The molecule has 0 radical (unpaired) electrons. The summed E-state index contributed by atoms with van der Waals surface area (Å²) in [5.41, 5.74) is 7.82. The molecule has 0 aliphatic carbocycles. The first-order chi connectivity index (χ1) is 10.2. The fourth-order valence-electron chi connectivity index (χ4n) is 2.84. The summed E-state index contributed by atoms with van der Waals surface area (Å²) in [5, 5.41) is 10.7. The summed E-state index contributed by atoms with van der Waals surface area (Å²) in [5.74, 6) is 0. The topological polar surface area (TPSA) is 52.7 Å². The monoisotopic (exact) mass is 311 g/mol. The second-order valence-corrected chi connectivity index (χ2v) is 6.00. The van der Waals surface area contributed by atoms with Crippen molar-refractivity contribution < 1.29 is 5.11 Å². The molecule has 1 fully saturated rings. The average Bonchev–Trinajstić information content (AvgIpc) is 2.49. The lowest BCUT2D eigenvalue weighted by atomic mass is 10.1. The van der Waals surface area contributed by atoms with E-state index in [1.165, 1.54) is 5.56 Å². The maximum Gasteiger partial charge on any atom is 0.0679 e. The predicted molar refractivity (Wildman–Crippen MR) is 89.2 cm³/mol. The van der Waals surface area contributed by atoms with Gasteiger partial charge in [-0.25, -0.2) is 0 Å². The molecule has 4 nitrogen and oxygen atoms in total. The average molecular weight is 312 g/mol. The maximum absolute atomic E-state index is 9.84. The molecule has 2 rings (SSSR count). The van der Waals surface area contributed by atoms with E-state index in [4.69, 9.17) is 17.3 Å². The number of hydrogen-bond acceptors (Lipinski definition) is 4. The van der Waals surface area contributed by atoms with Gasteiger partial charge in [0.2, 0.25) is 0 Å². The molecule has 1 saturated heterocycles. The van der Waals surface area contributed by atoms with Crippen LogP contribution in [-0.4, -0.2) is 55.4 Å². The minimum Gasteiger partial charge on any atom is -0.392 e. The Morgan fingerprint density at radius 1 is 1.29 bits per heavy atom. The number of nitrogens with two attached hydrogens (primary N) is 1. The minimum atomic E-state index is -0.312. The summed E-state index contributed by atoms with van der Waals surface area (Å²) in [7, 11) is 0. The van der Waals surface area contributed by atoms with Gasteiger partial charge in [-0.15, -0.1) is 0 Å². The van der Waals surface area contributed by atoms with Crippen LogP contribution >= 0.6 is 11.6 Å². The van der Waals surface area contributed by atoms with Gasteiger partial charge in [0.1, 0.15) is 0 Å². The van der Waals surface area contributed by atoms with Gasteiger partial charge in [-0.05, 0) is 31.0 Å². The van der Waals surface area contributed by atoms with E-state index in [-0.39, 0.29) is 6.10 Å². The number of aliphatic hydroxyl groups excluding tert-OH is 1. The zero-order valence-electron chi connectivity index (χ0n) is 12.8. The maximum atomic E-state index is 9.84. The Bertz CT molecular complexity index is 447. The largest absolute Gasteiger partial charge is 0.392 e. The lowest BCUT2D eigenvalue weighted by molar-refractivity contribution is 0.104. The predicted octanol–water partition coefficient (Wildman–Crippen LogP) is 1.73. The van der Waals surface area contributed by atoms with Crippen LogP contribution in [-0.2, 0) is 6.42 Å². The molecule has 1 aliphatic heterocycles. The lowest BCUT2D eigenvalue weighted by Gasteiger charge is -2.37. The van der Waals surface area contributed by atoms with E-state index in [1.807, 2.05) is 0 Å². The zero-order valence-corrected chi connectivity index (χ0v) is 13.5. The molecule has 1 aromatic rings. The normalized spacial score (nSPS) is 18.0. The smallest absolute Gasteiger partial charge is 0.0679 e. The molecule has 0 amide bonds. The zero-order chi connectivity index (χ0) is 15.2. The van der Waals surface area contributed by atoms with Gasteiger partial charge in [-0.2, -0.15) is 0 Å². The van der Waals surface area contributed by atoms with Crippen LogP contribution in [0.4, 0.5) is 5.69 Å². The minimum absolute atomic E-state index is 0.312. The fourth-order valence-corrected chi connectivity index (χ4v) is 3.22. The van der Waals surface area contributed by atoms with Gasteiger partial charge >= 0.3 is 0 Å². The number of anilines is 1. The van der Waals surface area contributed by atoms with Crippen molar-refractivity contribution in [1.82, 2.24) is 4.90 Å². The van der Waals surface area contributed by atoms with Crippen molar-refractivity contribution in [1.29, 1.82) is 0 Å². The Balaban J connectivity index is 1.92. The number of hydrogen-bond donors (Lipinski definition) is 2. The highest BCUT2D eigenvalue weighted by Crippen LogP contribution is 2.30. The third kappa shape index (κ3) is 4.33. The van der Waals surface area contributed by atoms with Gasteiger partial charge in [-0.1, -0.05) is 30.7 Å². The molecule has 0 bridgehead atoms. The van der Waals surface area contributed by atoms with Crippen molar-refractivity contribution in [2.24, 2.45) is 5.73 Å². The molecule has 3 N–H and O–H groups in total. The summed E-state index contributed by atoms with van der Waals surface area (Å²) in [6.45, 7) is 7.18. The molecule has 1 unspecified atom stereocenters. The third-order valence-electron chi connectivity index (χ3n) is 4.12. The van der Waals surface area contributed by atoms with Crippen molar-refractivity contribution >= 4 is 17.3 Å². The Morgan fingerprint density at radius 3 is 2.62 bits per heavy atom. The summed E-state index contributed by atoms with van der Waals surface area (Å²) in [6, 6.07) is 6.27. The highest BCUT2D eigenvalue weighted by Gasteiger charge is 2.21. The van der Waals surface area contributed by atoms with Gasteiger partial charge in [-0.3, -0.25) is 4.90 Å². The van der Waals surface area contributed by atoms with Crippen molar-refractivity contribution in [2.45, 2.75) is 25.9 Å². The number of halogens is 1. The highest BCUT2D eigenvalue weighted by atomic mass is 35.5. The number of benzene rings is 1. The second kappa shape index (κ2) is 7.99. The summed E-state index contributed by atoms with van der Waals surface area (Å²) in [4.78, 5) is 4.64. The second-order valence-electron chi connectivity index (χ2n) is 5.62. The molecule has 0 saturated carbocycles. The summed E-state index contributed by atoms with van der Waals surface area (Å²) in [6.07, 6.45) is 1.32. The van der Waals surface area contributed by atoms with Crippen LogP contribution in [0.5, 0.6) is 0 Å². The first kappa shape index (κ1) is 16.6. The molecule has 1 heterocycles. The first-order valence-electron chi connectivity index (χ1n) is 7.78. The van der Waals surface area contributed by atoms with Crippen LogP contribution in [0.1, 0.15) is 18.9 Å². The molecule has 21 heavy (non-hydrogen) atoms. The molecule has 1 aliphatic rings. The van der Waals surface area contributed by atoms with Gasteiger partial charge in [0.25, 0.3) is 0 Å². The van der Waals surface area contributed by atoms with E-state index < -0.39 is 0 Å². The molecule has 1 aromatic carbocycles. The SMILES string of the molecule is CCc1cccc(N2CCN(CC(O)CCN)CC2)c1Cl. The van der Waals surface area contributed by atoms with E-state index in [0.717, 1.165) is 43.3 Å². The van der Waals surface area contributed by atoms with E-state index in [1.54, 1.807) is 0 Å². The molecule has 0 aromatic heterocycles. The third-order valence-corrected chi connectivity index (χ3v) is 4.56. The molecule has 5 heteroatoms. The quantitative estimate of drug-likeness (QED) is 0.840. The van der Waals surface area contributed by atoms with Crippen molar-refractivity contribution in [3.05, 3.63) is 28.8 Å². The molecular weight excluding hydrogens is 286 g/mol. The molecular formula is C16H26ClN3O. The van der Waals surface area contributed by atoms with Gasteiger partial charge in [0, 0.05) is 32.7 Å². The summed E-state index contributed by atoms with van der Waals surface area (Å²) >= 11 is 6.50. The molecule has 0 spiro atoms. The number of rotatable bonds is 6. The van der Waals surface area contributed by atoms with Crippen molar-refractivity contribution in [2.75, 3.05) is 44.2 Å². The van der Waals surface area contributed by atoms with E-state index in [0.29, 0.717) is 19.5 Å². The van der Waals surface area contributed by atoms with Crippen LogP contribution < -0.4 is 10.6 Å². The van der Waals surface area contributed by atoms with Crippen molar-refractivity contribution in [3.8, 4) is 0 Å². The Labute approximate surface area is 132 Å². The van der Waals surface area contributed by atoms with Crippen LogP contribution in [0.3, 0.4) is 0 Å². The summed E-state index contributed by atoms with van der Waals surface area (Å²) < 4.78 is 0. The Morgan fingerprint density at radius 2 is 2.00 bits per heavy atom. The fraction of sp³-hybridized carbons (Fsp3) is 0.625. The highest BCUT2D eigenvalue weighted by molar-refractivity contribution is 6.34. The number of aryl methyl sites for hydroxylation is 1. The van der Waals surface area contributed by atoms with E-state index >= 15 is 0 Å². The van der Waals surface area contributed by atoms with Gasteiger partial charge in [0.05, 0.1) is 16.8 Å². The Kier molecular flexibility index (Phi) is 6.30. The van der Waals surface area contributed by atoms with Crippen LogP contribution in [0, 0.1) is 0 Å².